The summed E-state index contributed by atoms with van der Waals surface area (Å²) in [6.45, 7) is 7.23. The molecule has 1 aromatic heterocycles. The molecule has 3 rings (SSSR count). The molecule has 7 heteroatoms. The lowest BCUT2D eigenvalue weighted by Crippen LogP contribution is -2.22. The number of benzene rings is 1. The van der Waals surface area contributed by atoms with E-state index in [0.29, 0.717) is 5.56 Å². The molecule has 1 aromatic carbocycles. The minimum Gasteiger partial charge on any atom is -0.478 e. The highest BCUT2D eigenvalue weighted by Crippen LogP contribution is 2.47. The second-order valence-electron chi connectivity index (χ2n) is 7.22. The number of amides is 1. The van der Waals surface area contributed by atoms with E-state index in [4.69, 9.17) is 4.79 Å². The van der Waals surface area contributed by atoms with Gasteiger partial charge in [0, 0.05) is 17.0 Å². The van der Waals surface area contributed by atoms with Gasteiger partial charge in [-0.3, -0.25) is 4.79 Å². The molecular formula is C20H26N2O3S2. The Morgan fingerprint density at radius 1 is 1.41 bits per heavy atom. The molecule has 0 bridgehead atoms. The maximum atomic E-state index is 12.1. The Hall–Kier alpha value is -1.99. The van der Waals surface area contributed by atoms with Crippen molar-refractivity contribution >= 4 is 42.2 Å². The number of anilines is 1. The van der Waals surface area contributed by atoms with Gasteiger partial charge in [-0.2, -0.15) is 0 Å². The van der Waals surface area contributed by atoms with Crippen LogP contribution in [0.1, 0.15) is 48.0 Å². The number of hydrogen-bond donors (Lipinski definition) is 3. The predicted molar refractivity (Wildman–Crippen MR) is 115 cm³/mol. The molecule has 0 saturated carbocycles. The minimum absolute atomic E-state index is 0.161. The number of rotatable bonds is 4. The lowest BCUT2D eigenvalue weighted by Gasteiger charge is -2.29. The zero-order chi connectivity index (χ0) is 20.2. The number of fused-ring (bicyclic) bond motifs is 1. The van der Waals surface area contributed by atoms with Crippen LogP contribution in [0.3, 0.4) is 0 Å². The van der Waals surface area contributed by atoms with Gasteiger partial charge in [0.1, 0.15) is 0 Å². The molecule has 0 atom stereocenters. The standard InChI is InChI=1S/C19H23NO2S2.CH3NO/c1-4-20(23)14-8-6-5-7-12(14)17-16(18(21)22)13-11-19(2,3)10-9-15(13)24-17;2-1-3/h5-8,23H,4,9-11H2,1-3H3,(H,21,22);1H,(H2,2,3). The van der Waals surface area contributed by atoms with Crippen molar-refractivity contribution in [3.05, 3.63) is 40.3 Å². The normalized spacial score (nSPS) is 14.5. The summed E-state index contributed by atoms with van der Waals surface area (Å²) in [7, 11) is 0. The van der Waals surface area contributed by atoms with Gasteiger partial charge in [0.2, 0.25) is 6.41 Å². The molecule has 5 nitrogen and oxygen atoms in total. The van der Waals surface area contributed by atoms with Crippen LogP contribution in [0.15, 0.2) is 24.3 Å². The van der Waals surface area contributed by atoms with Crippen LogP contribution in [-0.2, 0) is 17.6 Å². The average Bonchev–Trinajstić information content (AvgIpc) is 2.99. The van der Waals surface area contributed by atoms with E-state index in [1.165, 1.54) is 4.88 Å². The maximum Gasteiger partial charge on any atom is 0.337 e. The van der Waals surface area contributed by atoms with Crippen LogP contribution in [0.5, 0.6) is 0 Å². The fourth-order valence-corrected chi connectivity index (χ4v) is 4.91. The van der Waals surface area contributed by atoms with Gasteiger partial charge < -0.3 is 15.1 Å². The van der Waals surface area contributed by atoms with Crippen LogP contribution in [-0.4, -0.2) is 24.0 Å². The summed E-state index contributed by atoms with van der Waals surface area (Å²) in [5, 5.41) is 9.90. The number of thiophene rings is 1. The molecule has 1 aliphatic rings. The zero-order valence-corrected chi connectivity index (χ0v) is 17.6. The van der Waals surface area contributed by atoms with Gasteiger partial charge in [0.05, 0.1) is 16.1 Å². The number of carbonyl (C=O) groups is 2. The van der Waals surface area contributed by atoms with E-state index in [2.05, 4.69) is 32.4 Å². The first-order chi connectivity index (χ1) is 12.8. The quantitative estimate of drug-likeness (QED) is 0.519. The Morgan fingerprint density at radius 2 is 2.04 bits per heavy atom. The van der Waals surface area contributed by atoms with E-state index in [9.17, 15) is 9.90 Å². The average molecular weight is 407 g/mol. The molecule has 0 aliphatic heterocycles. The van der Waals surface area contributed by atoms with Crippen molar-refractivity contribution in [2.75, 3.05) is 10.8 Å². The molecule has 1 aliphatic carbocycles. The summed E-state index contributed by atoms with van der Waals surface area (Å²) >= 11 is 6.18. The topological polar surface area (TPSA) is 83.6 Å². The molecule has 0 spiro atoms. The van der Waals surface area contributed by atoms with Crippen LogP contribution in [0.4, 0.5) is 5.69 Å². The van der Waals surface area contributed by atoms with Gasteiger partial charge in [0.25, 0.3) is 0 Å². The van der Waals surface area contributed by atoms with Crippen LogP contribution < -0.4 is 10.0 Å². The fraction of sp³-hybridized carbons (Fsp3) is 0.400. The number of aryl methyl sites for hydroxylation is 1. The first-order valence-corrected chi connectivity index (χ1v) is 10.1. The predicted octanol–water partition coefficient (Wildman–Crippen LogP) is 4.40. The third-order valence-corrected chi connectivity index (χ3v) is 6.54. The number of para-hydroxylation sites is 1. The van der Waals surface area contributed by atoms with E-state index < -0.39 is 5.97 Å². The highest BCUT2D eigenvalue weighted by Gasteiger charge is 2.33. The van der Waals surface area contributed by atoms with Crippen LogP contribution in [0, 0.1) is 5.41 Å². The van der Waals surface area contributed by atoms with Crippen LogP contribution in [0.2, 0.25) is 0 Å². The second kappa shape index (κ2) is 8.80. The molecule has 0 fully saturated rings. The van der Waals surface area contributed by atoms with Crippen molar-refractivity contribution in [1.82, 2.24) is 0 Å². The SMILES string of the molecule is CCN(S)c1ccccc1-c1sc2c(c1C(=O)O)CC(C)(C)CC2.NC=O. The number of nitrogens with zero attached hydrogens (tertiary/aromatic N) is 1. The third kappa shape index (κ3) is 4.65. The zero-order valence-electron chi connectivity index (χ0n) is 15.9. The largest absolute Gasteiger partial charge is 0.478 e. The number of carboxylic acids is 1. The second-order valence-corrected chi connectivity index (χ2v) is 8.81. The summed E-state index contributed by atoms with van der Waals surface area (Å²) in [5.41, 5.74) is 7.78. The fourth-order valence-electron chi connectivity index (χ4n) is 3.40. The number of hydrogen-bond acceptors (Lipinski definition) is 5. The molecule has 146 valence electrons. The first kappa shape index (κ1) is 21.3. The van der Waals surface area contributed by atoms with Gasteiger partial charge in [0.15, 0.2) is 0 Å². The first-order valence-electron chi connectivity index (χ1n) is 8.84. The highest BCUT2D eigenvalue weighted by atomic mass is 32.1. The summed E-state index contributed by atoms with van der Waals surface area (Å²) in [6.07, 6.45) is 3.16. The lowest BCUT2D eigenvalue weighted by molar-refractivity contribution is -0.106. The van der Waals surface area contributed by atoms with Crippen molar-refractivity contribution < 1.29 is 14.7 Å². The lowest BCUT2D eigenvalue weighted by atomic mass is 9.76. The van der Waals surface area contributed by atoms with Crippen molar-refractivity contribution in [2.24, 2.45) is 11.1 Å². The monoisotopic (exact) mass is 406 g/mol. The Labute approximate surface area is 169 Å². The molecule has 3 N–H and O–H groups in total. The van der Waals surface area contributed by atoms with Gasteiger partial charge in [-0.25, -0.2) is 4.79 Å². The Morgan fingerprint density at radius 3 is 2.63 bits per heavy atom. The summed E-state index contributed by atoms with van der Waals surface area (Å²) in [6, 6.07) is 7.93. The van der Waals surface area contributed by atoms with Gasteiger partial charge >= 0.3 is 5.97 Å². The van der Waals surface area contributed by atoms with E-state index in [0.717, 1.165) is 47.5 Å². The molecular weight excluding hydrogens is 380 g/mol. The van der Waals surface area contributed by atoms with Gasteiger partial charge in [-0.15, -0.1) is 11.3 Å². The number of nitrogens with two attached hydrogens (primary N) is 1. The molecule has 0 radical (unpaired) electrons. The summed E-state index contributed by atoms with van der Waals surface area (Å²) in [4.78, 5) is 22.8. The van der Waals surface area contributed by atoms with E-state index >= 15 is 0 Å². The van der Waals surface area contributed by atoms with Crippen LogP contribution >= 0.6 is 24.2 Å². The smallest absolute Gasteiger partial charge is 0.337 e. The van der Waals surface area contributed by atoms with Gasteiger partial charge in [-0.1, -0.05) is 44.9 Å². The minimum atomic E-state index is -0.822. The molecule has 0 unspecified atom stereocenters. The Kier molecular flexibility index (Phi) is 6.95. The molecule has 1 amide bonds. The number of thiol groups is 1. The van der Waals surface area contributed by atoms with Crippen molar-refractivity contribution in [3.8, 4) is 10.4 Å². The third-order valence-electron chi connectivity index (χ3n) is 4.72. The number of aromatic carboxylic acids is 1. The Bertz CT molecular complexity index is 831. The molecule has 0 saturated heterocycles. The Balaban J connectivity index is 0.000000817. The van der Waals surface area contributed by atoms with Crippen molar-refractivity contribution in [1.29, 1.82) is 0 Å². The van der Waals surface area contributed by atoms with Crippen LogP contribution in [0.25, 0.3) is 10.4 Å². The highest BCUT2D eigenvalue weighted by molar-refractivity contribution is 7.81. The van der Waals surface area contributed by atoms with E-state index in [1.54, 1.807) is 11.3 Å². The molecule has 27 heavy (non-hydrogen) atoms. The number of carbonyl (C=O) groups excluding carboxylic acids is 1. The van der Waals surface area contributed by atoms with Crippen molar-refractivity contribution in [2.45, 2.75) is 40.0 Å². The van der Waals surface area contributed by atoms with E-state index in [1.807, 2.05) is 35.5 Å². The van der Waals surface area contributed by atoms with E-state index in [-0.39, 0.29) is 11.8 Å². The van der Waals surface area contributed by atoms with Crippen molar-refractivity contribution in [3.63, 3.8) is 0 Å². The summed E-state index contributed by atoms with van der Waals surface area (Å²) in [5.74, 6) is -0.822. The number of carboxylic acid groups (broad SMARTS) is 1. The number of primary amides is 1. The molecule has 1 heterocycles. The summed E-state index contributed by atoms with van der Waals surface area (Å²) < 4.78 is 1.86. The van der Waals surface area contributed by atoms with Gasteiger partial charge in [-0.05, 0) is 43.2 Å². The molecule has 2 aromatic rings. The maximum absolute atomic E-state index is 12.1.